The van der Waals surface area contributed by atoms with E-state index in [0.29, 0.717) is 16.5 Å². The monoisotopic (exact) mass is 313 g/mol. The van der Waals surface area contributed by atoms with Gasteiger partial charge in [0, 0.05) is 12.2 Å². The van der Waals surface area contributed by atoms with Crippen LogP contribution in [0, 0.1) is 0 Å². The van der Waals surface area contributed by atoms with Gasteiger partial charge in [0.2, 0.25) is 11.8 Å². The highest BCUT2D eigenvalue weighted by molar-refractivity contribution is 8.00. The Kier molecular flexibility index (Phi) is 4.67. The molecule has 1 N–H and O–H groups in total. The average Bonchev–Trinajstić information content (AvgIpc) is 2.65. The van der Waals surface area contributed by atoms with Crippen molar-refractivity contribution in [3.8, 4) is 0 Å². The van der Waals surface area contributed by atoms with Crippen LogP contribution in [0.5, 0.6) is 0 Å². The molecule has 0 bridgehead atoms. The van der Waals surface area contributed by atoms with E-state index in [1.54, 1.807) is 24.3 Å². The number of amides is 2. The zero-order valence-corrected chi connectivity index (χ0v) is 12.0. The molecule has 1 fully saturated rings. The Balaban J connectivity index is 2.09. The van der Waals surface area contributed by atoms with Crippen LogP contribution in [0.15, 0.2) is 24.3 Å². The number of anilines is 1. The Morgan fingerprint density at radius 1 is 1.40 bits per heavy atom. The molecule has 0 aromatic heterocycles. The minimum atomic E-state index is -0.919. The van der Waals surface area contributed by atoms with Crippen molar-refractivity contribution in [1.82, 2.24) is 0 Å². The predicted molar refractivity (Wildman–Crippen MR) is 77.1 cm³/mol. The number of carbonyl (C=O) groups is 3. The molecule has 0 radical (unpaired) electrons. The second-order valence-corrected chi connectivity index (χ2v) is 5.94. The number of carboxylic acids is 1. The summed E-state index contributed by atoms with van der Waals surface area (Å²) in [6.07, 6.45) is 0.0447. The van der Waals surface area contributed by atoms with Crippen molar-refractivity contribution in [2.24, 2.45) is 0 Å². The SMILES string of the molecule is O=C(O)CCSC1CC(=O)N(c2ccccc2Cl)C1=O. The molecular weight excluding hydrogens is 302 g/mol. The number of aliphatic carboxylic acids is 1. The number of rotatable bonds is 5. The fourth-order valence-electron chi connectivity index (χ4n) is 1.91. The number of thioether (sulfide) groups is 1. The van der Waals surface area contributed by atoms with Gasteiger partial charge in [0.15, 0.2) is 0 Å². The molecule has 1 aromatic rings. The third-order valence-corrected chi connectivity index (χ3v) is 4.36. The fourth-order valence-corrected chi connectivity index (χ4v) is 3.21. The number of benzene rings is 1. The van der Waals surface area contributed by atoms with Crippen LogP contribution in [-0.2, 0) is 14.4 Å². The maximum atomic E-state index is 12.2. The minimum absolute atomic E-state index is 0.0330. The second kappa shape index (κ2) is 6.28. The topological polar surface area (TPSA) is 74.7 Å². The summed E-state index contributed by atoms with van der Waals surface area (Å²) in [5, 5.41) is 8.39. The van der Waals surface area contributed by atoms with Crippen LogP contribution in [0.3, 0.4) is 0 Å². The molecule has 1 aliphatic rings. The standard InChI is InChI=1S/C13H12ClNO4S/c14-8-3-1-2-4-9(8)15-11(16)7-10(13(15)19)20-6-5-12(17)18/h1-4,10H,5-7H2,(H,17,18). The summed E-state index contributed by atoms with van der Waals surface area (Å²) in [5.74, 6) is -1.26. The van der Waals surface area contributed by atoms with E-state index in [-0.39, 0.29) is 24.7 Å². The Labute approximate surface area is 124 Å². The van der Waals surface area contributed by atoms with Gasteiger partial charge in [0.1, 0.15) is 0 Å². The van der Waals surface area contributed by atoms with Crippen molar-refractivity contribution in [1.29, 1.82) is 0 Å². The first-order valence-corrected chi connectivity index (χ1v) is 7.38. The zero-order valence-electron chi connectivity index (χ0n) is 10.4. The largest absolute Gasteiger partial charge is 0.481 e. The first-order valence-electron chi connectivity index (χ1n) is 5.95. The van der Waals surface area contributed by atoms with Gasteiger partial charge < -0.3 is 5.11 Å². The molecule has 1 atom stereocenters. The molecule has 2 amide bonds. The van der Waals surface area contributed by atoms with Gasteiger partial charge in [0.05, 0.1) is 22.4 Å². The average molecular weight is 314 g/mol. The molecule has 7 heteroatoms. The van der Waals surface area contributed by atoms with Gasteiger partial charge in [-0.25, -0.2) is 4.90 Å². The molecular formula is C13H12ClNO4S. The first kappa shape index (κ1) is 14.9. The third kappa shape index (κ3) is 3.13. The molecule has 1 heterocycles. The van der Waals surface area contributed by atoms with Crippen LogP contribution in [0.2, 0.25) is 5.02 Å². The summed E-state index contributed by atoms with van der Waals surface area (Å²) in [7, 11) is 0. The van der Waals surface area contributed by atoms with Gasteiger partial charge in [-0.3, -0.25) is 14.4 Å². The number of nitrogens with zero attached hydrogens (tertiary/aromatic N) is 1. The molecule has 20 heavy (non-hydrogen) atoms. The molecule has 1 aromatic carbocycles. The molecule has 0 saturated carbocycles. The smallest absolute Gasteiger partial charge is 0.304 e. The number of halogens is 1. The van der Waals surface area contributed by atoms with Crippen molar-refractivity contribution < 1.29 is 19.5 Å². The maximum absolute atomic E-state index is 12.2. The van der Waals surface area contributed by atoms with Gasteiger partial charge in [-0.15, -0.1) is 11.8 Å². The summed E-state index contributed by atoms with van der Waals surface area (Å²) < 4.78 is 0. The van der Waals surface area contributed by atoms with Crippen LogP contribution >= 0.6 is 23.4 Å². The van der Waals surface area contributed by atoms with Crippen LogP contribution in [-0.4, -0.2) is 33.9 Å². The van der Waals surface area contributed by atoms with E-state index in [4.69, 9.17) is 16.7 Å². The van der Waals surface area contributed by atoms with Crippen molar-refractivity contribution in [3.05, 3.63) is 29.3 Å². The van der Waals surface area contributed by atoms with E-state index in [1.807, 2.05) is 0 Å². The highest BCUT2D eigenvalue weighted by Crippen LogP contribution is 2.33. The lowest BCUT2D eigenvalue weighted by Crippen LogP contribution is -2.31. The molecule has 1 unspecified atom stereocenters. The van der Waals surface area contributed by atoms with Crippen molar-refractivity contribution >= 4 is 46.8 Å². The molecule has 0 spiro atoms. The van der Waals surface area contributed by atoms with Gasteiger partial charge in [-0.1, -0.05) is 23.7 Å². The lowest BCUT2D eigenvalue weighted by Gasteiger charge is -2.16. The van der Waals surface area contributed by atoms with Crippen molar-refractivity contribution in [2.75, 3.05) is 10.7 Å². The Hall–Kier alpha value is -1.53. The lowest BCUT2D eigenvalue weighted by molar-refractivity contribution is -0.136. The maximum Gasteiger partial charge on any atom is 0.304 e. The quantitative estimate of drug-likeness (QED) is 0.843. The van der Waals surface area contributed by atoms with Gasteiger partial charge in [-0.05, 0) is 12.1 Å². The van der Waals surface area contributed by atoms with E-state index >= 15 is 0 Å². The normalized spacial score (nSPS) is 18.6. The highest BCUT2D eigenvalue weighted by Gasteiger charge is 2.40. The number of carboxylic acid groups (broad SMARTS) is 1. The molecule has 1 saturated heterocycles. The van der Waals surface area contributed by atoms with Crippen molar-refractivity contribution in [2.45, 2.75) is 18.1 Å². The van der Waals surface area contributed by atoms with Crippen LogP contribution < -0.4 is 4.90 Å². The molecule has 2 rings (SSSR count). The summed E-state index contributed by atoms with van der Waals surface area (Å²) in [5.41, 5.74) is 0.380. The summed E-state index contributed by atoms with van der Waals surface area (Å²) >= 11 is 7.19. The van der Waals surface area contributed by atoms with Crippen LogP contribution in [0.4, 0.5) is 5.69 Å². The molecule has 5 nitrogen and oxygen atoms in total. The minimum Gasteiger partial charge on any atom is -0.481 e. The summed E-state index contributed by atoms with van der Waals surface area (Å²) in [6.45, 7) is 0. The first-order chi connectivity index (χ1) is 9.50. The highest BCUT2D eigenvalue weighted by atomic mass is 35.5. The Morgan fingerprint density at radius 2 is 2.10 bits per heavy atom. The zero-order chi connectivity index (χ0) is 14.7. The number of carbonyl (C=O) groups excluding carboxylic acids is 2. The molecule has 0 aliphatic carbocycles. The molecule has 106 valence electrons. The third-order valence-electron chi connectivity index (χ3n) is 2.83. The second-order valence-electron chi connectivity index (χ2n) is 4.23. The van der Waals surface area contributed by atoms with Gasteiger partial charge >= 0.3 is 5.97 Å². The summed E-state index contributed by atoms with van der Waals surface area (Å²) in [6, 6.07) is 6.65. The number of hydrogen-bond donors (Lipinski definition) is 1. The van der Waals surface area contributed by atoms with Crippen LogP contribution in [0.25, 0.3) is 0 Å². The number of hydrogen-bond acceptors (Lipinski definition) is 4. The fraction of sp³-hybridized carbons (Fsp3) is 0.308. The number of imide groups is 1. The van der Waals surface area contributed by atoms with E-state index in [0.717, 1.165) is 4.90 Å². The van der Waals surface area contributed by atoms with E-state index in [1.165, 1.54) is 11.8 Å². The number of para-hydroxylation sites is 1. The van der Waals surface area contributed by atoms with E-state index < -0.39 is 11.2 Å². The van der Waals surface area contributed by atoms with Gasteiger partial charge in [-0.2, -0.15) is 0 Å². The van der Waals surface area contributed by atoms with Gasteiger partial charge in [0.25, 0.3) is 0 Å². The van der Waals surface area contributed by atoms with Crippen molar-refractivity contribution in [3.63, 3.8) is 0 Å². The van der Waals surface area contributed by atoms with E-state index in [2.05, 4.69) is 0 Å². The molecule has 1 aliphatic heterocycles. The van der Waals surface area contributed by atoms with Crippen LogP contribution in [0.1, 0.15) is 12.8 Å². The predicted octanol–water partition coefficient (Wildman–Crippen LogP) is 2.18. The Bertz CT molecular complexity index is 563. The lowest BCUT2D eigenvalue weighted by atomic mass is 10.3. The Morgan fingerprint density at radius 3 is 2.75 bits per heavy atom. The summed E-state index contributed by atoms with van der Waals surface area (Å²) in [4.78, 5) is 35.7. The van der Waals surface area contributed by atoms with E-state index in [9.17, 15) is 14.4 Å².